The summed E-state index contributed by atoms with van der Waals surface area (Å²) in [5.74, 6) is 0.0672. The molecule has 156 valence electrons. The molecule has 2 heterocycles. The quantitative estimate of drug-likeness (QED) is 0.736. The van der Waals surface area contributed by atoms with Crippen LogP contribution in [-0.2, 0) is 0 Å². The summed E-state index contributed by atoms with van der Waals surface area (Å²) in [5, 5.41) is 10.2. The highest BCUT2D eigenvalue weighted by molar-refractivity contribution is 7.09. The Morgan fingerprint density at radius 3 is 2.41 bits per heavy atom. The van der Waals surface area contributed by atoms with E-state index >= 15 is 0 Å². The van der Waals surface area contributed by atoms with E-state index in [1.807, 2.05) is 12.1 Å². The highest BCUT2D eigenvalue weighted by Gasteiger charge is 2.22. The maximum atomic E-state index is 12.4. The summed E-state index contributed by atoms with van der Waals surface area (Å²) in [4.78, 5) is 19.4. The highest BCUT2D eigenvalue weighted by atomic mass is 32.1. The van der Waals surface area contributed by atoms with Crippen LogP contribution in [0.2, 0.25) is 0 Å². The van der Waals surface area contributed by atoms with E-state index in [4.69, 9.17) is 0 Å². The van der Waals surface area contributed by atoms with Crippen LogP contribution in [0.25, 0.3) is 0 Å². The molecule has 1 saturated carbocycles. The number of benzene rings is 1. The van der Waals surface area contributed by atoms with Gasteiger partial charge >= 0.3 is 0 Å². The fraction of sp³-hybridized carbons (Fsp3) is 0.565. The Morgan fingerprint density at radius 2 is 1.79 bits per heavy atom. The molecule has 1 amide bonds. The van der Waals surface area contributed by atoms with E-state index in [0.717, 1.165) is 55.0 Å². The number of anilines is 1. The Morgan fingerprint density at radius 1 is 1.10 bits per heavy atom. The van der Waals surface area contributed by atoms with Gasteiger partial charge in [0.25, 0.3) is 5.91 Å². The first kappa shape index (κ1) is 20.4. The SMILES string of the molecule is Cc1nc(C(C)NC2CCN(c3ccc(C(=O)NC4CCCC4)cc3)CC2)cs1. The second-order valence-electron chi connectivity index (χ2n) is 8.44. The number of carbonyl (C=O) groups excluding carboxylic acids is 1. The highest BCUT2D eigenvalue weighted by Crippen LogP contribution is 2.24. The van der Waals surface area contributed by atoms with Gasteiger partial charge in [0.2, 0.25) is 0 Å². The average Bonchev–Trinajstić information content (AvgIpc) is 3.40. The smallest absolute Gasteiger partial charge is 0.251 e. The number of aryl methyl sites for hydroxylation is 1. The summed E-state index contributed by atoms with van der Waals surface area (Å²) < 4.78 is 0. The Kier molecular flexibility index (Phi) is 6.50. The van der Waals surface area contributed by atoms with Gasteiger partial charge in [-0.1, -0.05) is 12.8 Å². The van der Waals surface area contributed by atoms with Crippen molar-refractivity contribution in [1.29, 1.82) is 0 Å². The largest absolute Gasteiger partial charge is 0.371 e. The van der Waals surface area contributed by atoms with Crippen LogP contribution >= 0.6 is 11.3 Å². The van der Waals surface area contributed by atoms with E-state index in [-0.39, 0.29) is 5.91 Å². The summed E-state index contributed by atoms with van der Waals surface area (Å²) in [7, 11) is 0. The van der Waals surface area contributed by atoms with Crippen LogP contribution in [0.5, 0.6) is 0 Å². The van der Waals surface area contributed by atoms with Crippen molar-refractivity contribution >= 4 is 22.9 Å². The molecule has 1 saturated heterocycles. The molecule has 0 spiro atoms. The van der Waals surface area contributed by atoms with E-state index in [1.165, 1.54) is 18.5 Å². The number of amides is 1. The van der Waals surface area contributed by atoms with Crippen molar-refractivity contribution in [2.45, 2.75) is 70.5 Å². The lowest BCUT2D eigenvalue weighted by atomic mass is 10.0. The summed E-state index contributed by atoms with van der Waals surface area (Å²) >= 11 is 1.72. The van der Waals surface area contributed by atoms with Crippen molar-refractivity contribution < 1.29 is 4.79 Å². The van der Waals surface area contributed by atoms with E-state index in [1.54, 1.807) is 11.3 Å². The molecule has 4 rings (SSSR count). The molecular formula is C23H32N4OS. The predicted molar refractivity (Wildman–Crippen MR) is 120 cm³/mol. The maximum absolute atomic E-state index is 12.4. The number of hydrogen-bond donors (Lipinski definition) is 2. The van der Waals surface area contributed by atoms with Crippen LogP contribution in [-0.4, -0.2) is 36.1 Å². The van der Waals surface area contributed by atoms with Crippen molar-refractivity contribution in [3.05, 3.63) is 45.9 Å². The fourth-order valence-electron chi connectivity index (χ4n) is 4.48. The van der Waals surface area contributed by atoms with E-state index in [9.17, 15) is 4.79 Å². The lowest BCUT2D eigenvalue weighted by molar-refractivity contribution is 0.0938. The second kappa shape index (κ2) is 9.26. The van der Waals surface area contributed by atoms with E-state index < -0.39 is 0 Å². The molecule has 1 aromatic heterocycles. The zero-order chi connectivity index (χ0) is 20.2. The molecule has 1 aliphatic carbocycles. The van der Waals surface area contributed by atoms with E-state index in [2.05, 4.69) is 51.9 Å². The van der Waals surface area contributed by atoms with Gasteiger partial charge < -0.3 is 15.5 Å². The van der Waals surface area contributed by atoms with Gasteiger partial charge in [0.1, 0.15) is 0 Å². The first-order valence-electron chi connectivity index (χ1n) is 10.9. The fourth-order valence-corrected chi connectivity index (χ4v) is 5.19. The van der Waals surface area contributed by atoms with Gasteiger partial charge in [-0.05, 0) is 63.8 Å². The molecular weight excluding hydrogens is 380 g/mol. The summed E-state index contributed by atoms with van der Waals surface area (Å²) in [6.07, 6.45) is 6.95. The molecule has 1 unspecified atom stereocenters. The van der Waals surface area contributed by atoms with Crippen LogP contribution < -0.4 is 15.5 Å². The lowest BCUT2D eigenvalue weighted by Crippen LogP contribution is -2.43. The second-order valence-corrected chi connectivity index (χ2v) is 9.51. The number of thiazole rings is 1. The average molecular weight is 413 g/mol. The first-order chi connectivity index (χ1) is 14.1. The molecule has 29 heavy (non-hydrogen) atoms. The third-order valence-electron chi connectivity index (χ3n) is 6.25. The van der Waals surface area contributed by atoms with E-state index in [0.29, 0.717) is 18.1 Å². The molecule has 2 N–H and O–H groups in total. The van der Waals surface area contributed by atoms with Crippen LogP contribution in [0.3, 0.4) is 0 Å². The normalized spacial score (nSPS) is 19.4. The number of nitrogens with one attached hydrogen (secondary N) is 2. The maximum Gasteiger partial charge on any atom is 0.251 e. The van der Waals surface area contributed by atoms with Gasteiger partial charge in [0.05, 0.1) is 10.7 Å². The monoisotopic (exact) mass is 412 g/mol. The zero-order valence-electron chi connectivity index (χ0n) is 17.5. The lowest BCUT2D eigenvalue weighted by Gasteiger charge is -2.35. The van der Waals surface area contributed by atoms with Crippen LogP contribution in [0, 0.1) is 6.92 Å². The van der Waals surface area contributed by atoms with Crippen molar-refractivity contribution in [1.82, 2.24) is 15.6 Å². The van der Waals surface area contributed by atoms with Crippen molar-refractivity contribution in [3.63, 3.8) is 0 Å². The topological polar surface area (TPSA) is 57.3 Å². The summed E-state index contributed by atoms with van der Waals surface area (Å²) in [6.45, 7) is 6.33. The number of nitrogens with zero attached hydrogens (tertiary/aromatic N) is 2. The minimum Gasteiger partial charge on any atom is -0.371 e. The zero-order valence-corrected chi connectivity index (χ0v) is 18.3. The predicted octanol–water partition coefficient (Wildman–Crippen LogP) is 4.44. The summed E-state index contributed by atoms with van der Waals surface area (Å²) in [5.41, 5.74) is 3.13. The minimum absolute atomic E-state index is 0.0672. The van der Waals surface area contributed by atoms with Gasteiger partial charge in [-0.25, -0.2) is 4.98 Å². The van der Waals surface area contributed by atoms with Crippen LogP contribution in [0.4, 0.5) is 5.69 Å². The molecule has 1 aromatic carbocycles. The molecule has 2 aromatic rings. The van der Waals surface area contributed by atoms with Crippen molar-refractivity contribution in [2.75, 3.05) is 18.0 Å². The third-order valence-corrected chi connectivity index (χ3v) is 7.04. The van der Waals surface area contributed by atoms with Crippen LogP contribution in [0.1, 0.15) is 72.6 Å². The molecule has 5 nitrogen and oxygen atoms in total. The number of carbonyl (C=O) groups is 1. The van der Waals surface area contributed by atoms with Crippen molar-refractivity contribution in [2.24, 2.45) is 0 Å². The number of hydrogen-bond acceptors (Lipinski definition) is 5. The van der Waals surface area contributed by atoms with Crippen LogP contribution in [0.15, 0.2) is 29.6 Å². The molecule has 1 aliphatic heterocycles. The number of rotatable bonds is 6. The molecule has 2 fully saturated rings. The Hall–Kier alpha value is -1.92. The minimum atomic E-state index is 0.0672. The van der Waals surface area contributed by atoms with Gasteiger partial charge in [0, 0.05) is 47.8 Å². The Balaban J connectivity index is 1.26. The molecule has 0 radical (unpaired) electrons. The van der Waals surface area contributed by atoms with Gasteiger partial charge in [-0.2, -0.15) is 0 Å². The molecule has 2 aliphatic rings. The molecule has 0 bridgehead atoms. The summed E-state index contributed by atoms with van der Waals surface area (Å²) in [6, 6.07) is 9.32. The van der Waals surface area contributed by atoms with Gasteiger partial charge in [-0.3, -0.25) is 4.79 Å². The molecule has 6 heteroatoms. The first-order valence-corrected chi connectivity index (χ1v) is 11.8. The van der Waals surface area contributed by atoms with Gasteiger partial charge in [-0.15, -0.1) is 11.3 Å². The third kappa shape index (κ3) is 5.17. The van der Waals surface area contributed by atoms with Gasteiger partial charge in [0.15, 0.2) is 0 Å². The number of aromatic nitrogens is 1. The standard InChI is InChI=1S/C23H32N4OS/c1-16(22-15-29-17(2)25-22)24-20-11-13-27(14-12-20)21-9-7-18(8-10-21)23(28)26-19-5-3-4-6-19/h7-10,15-16,19-20,24H,3-6,11-14H2,1-2H3,(H,26,28). The van der Waals surface area contributed by atoms with Crippen molar-refractivity contribution in [3.8, 4) is 0 Å². The Labute approximate surface area is 177 Å². The Bertz CT molecular complexity index is 805. The number of piperidine rings is 1. The molecule has 1 atom stereocenters.